The molecule has 2 rings (SSSR count). The topological polar surface area (TPSA) is 52.4 Å². The second kappa shape index (κ2) is 6.47. The lowest BCUT2D eigenvalue weighted by atomic mass is 10.2. The van der Waals surface area contributed by atoms with E-state index >= 15 is 0 Å². The molecular formula is C14H11BrFNO3. The number of alkyl halides is 1. The number of nitro groups is 1. The van der Waals surface area contributed by atoms with Gasteiger partial charge in [-0.25, -0.2) is 4.39 Å². The fourth-order valence-corrected chi connectivity index (χ4v) is 2.01. The summed E-state index contributed by atoms with van der Waals surface area (Å²) in [6.45, 7) is 0.0757. The van der Waals surface area contributed by atoms with Crippen LogP contribution in [0.3, 0.4) is 0 Å². The van der Waals surface area contributed by atoms with E-state index < -0.39 is 10.7 Å². The van der Waals surface area contributed by atoms with Crippen molar-refractivity contribution < 1.29 is 14.1 Å². The number of rotatable bonds is 5. The fraction of sp³-hybridized carbons (Fsp3) is 0.143. The molecule has 6 heteroatoms. The van der Waals surface area contributed by atoms with Crippen molar-refractivity contribution >= 4 is 21.6 Å². The Kier molecular flexibility index (Phi) is 4.68. The molecule has 0 radical (unpaired) electrons. The number of non-ortho nitro benzene ring substituents is 1. The molecule has 0 aliphatic carbocycles. The zero-order valence-corrected chi connectivity index (χ0v) is 12.0. The first-order chi connectivity index (χ1) is 9.60. The SMILES string of the molecule is O=[N+]([O-])c1cccc(COc2ccc(CBr)cc2F)c1. The summed E-state index contributed by atoms with van der Waals surface area (Å²) in [4.78, 5) is 10.2. The van der Waals surface area contributed by atoms with E-state index in [0.29, 0.717) is 10.9 Å². The smallest absolute Gasteiger partial charge is 0.269 e. The van der Waals surface area contributed by atoms with Crippen LogP contribution in [0.4, 0.5) is 10.1 Å². The van der Waals surface area contributed by atoms with Gasteiger partial charge < -0.3 is 4.74 Å². The highest BCUT2D eigenvalue weighted by Gasteiger charge is 2.08. The zero-order valence-electron chi connectivity index (χ0n) is 10.4. The van der Waals surface area contributed by atoms with Gasteiger partial charge in [-0.05, 0) is 23.3 Å². The minimum absolute atomic E-state index is 0.0128. The summed E-state index contributed by atoms with van der Waals surface area (Å²) >= 11 is 3.24. The molecule has 104 valence electrons. The molecule has 0 saturated carbocycles. The summed E-state index contributed by atoms with van der Waals surface area (Å²) in [6, 6.07) is 10.7. The minimum Gasteiger partial charge on any atom is -0.486 e. The number of ether oxygens (including phenoxy) is 1. The van der Waals surface area contributed by atoms with Gasteiger partial charge in [0.05, 0.1) is 4.92 Å². The minimum atomic E-state index is -0.477. The van der Waals surface area contributed by atoms with Crippen LogP contribution in [0.15, 0.2) is 42.5 Å². The average molecular weight is 340 g/mol. The van der Waals surface area contributed by atoms with Crippen molar-refractivity contribution in [1.29, 1.82) is 0 Å². The van der Waals surface area contributed by atoms with Crippen LogP contribution in [0.5, 0.6) is 5.75 Å². The van der Waals surface area contributed by atoms with Gasteiger partial charge in [-0.2, -0.15) is 0 Å². The molecule has 2 aromatic carbocycles. The van der Waals surface area contributed by atoms with Crippen molar-refractivity contribution in [2.45, 2.75) is 11.9 Å². The highest BCUT2D eigenvalue weighted by molar-refractivity contribution is 9.08. The standard InChI is InChI=1S/C14H11BrFNO3/c15-8-10-4-5-14(13(16)7-10)20-9-11-2-1-3-12(6-11)17(18)19/h1-7H,8-9H2. The van der Waals surface area contributed by atoms with Crippen molar-refractivity contribution in [2.75, 3.05) is 0 Å². The maximum Gasteiger partial charge on any atom is 0.269 e. The molecule has 0 N–H and O–H groups in total. The van der Waals surface area contributed by atoms with Gasteiger partial charge in [0.15, 0.2) is 11.6 Å². The Balaban J connectivity index is 2.09. The predicted octanol–water partition coefficient (Wildman–Crippen LogP) is 4.21. The van der Waals surface area contributed by atoms with Gasteiger partial charge >= 0.3 is 0 Å². The summed E-state index contributed by atoms with van der Waals surface area (Å²) in [5.41, 5.74) is 1.41. The number of nitro benzene ring substituents is 1. The molecule has 0 spiro atoms. The van der Waals surface area contributed by atoms with Crippen LogP contribution in [-0.2, 0) is 11.9 Å². The van der Waals surface area contributed by atoms with Crippen LogP contribution in [0.1, 0.15) is 11.1 Å². The van der Waals surface area contributed by atoms with E-state index in [-0.39, 0.29) is 18.0 Å². The molecule has 0 aromatic heterocycles. The molecule has 0 bridgehead atoms. The summed E-state index contributed by atoms with van der Waals surface area (Å²) in [5.74, 6) is -0.325. The van der Waals surface area contributed by atoms with Crippen LogP contribution in [-0.4, -0.2) is 4.92 Å². The predicted molar refractivity (Wildman–Crippen MR) is 76.5 cm³/mol. The van der Waals surface area contributed by atoms with Gasteiger partial charge in [-0.15, -0.1) is 0 Å². The maximum atomic E-state index is 13.7. The molecular weight excluding hydrogens is 329 g/mol. The number of hydrogen-bond donors (Lipinski definition) is 0. The average Bonchev–Trinajstić information content (AvgIpc) is 2.46. The van der Waals surface area contributed by atoms with Crippen molar-refractivity contribution in [3.05, 3.63) is 69.5 Å². The molecule has 0 aliphatic rings. The number of halogens is 2. The number of nitrogens with zero attached hydrogens (tertiary/aromatic N) is 1. The van der Waals surface area contributed by atoms with Crippen molar-refractivity contribution in [2.24, 2.45) is 0 Å². The second-order valence-electron chi connectivity index (χ2n) is 4.11. The van der Waals surface area contributed by atoms with E-state index in [4.69, 9.17) is 4.74 Å². The highest BCUT2D eigenvalue weighted by Crippen LogP contribution is 2.21. The quantitative estimate of drug-likeness (QED) is 0.465. The van der Waals surface area contributed by atoms with Gasteiger partial charge in [-0.1, -0.05) is 34.1 Å². The summed E-state index contributed by atoms with van der Waals surface area (Å²) in [7, 11) is 0. The molecule has 2 aromatic rings. The van der Waals surface area contributed by atoms with Crippen LogP contribution in [0.2, 0.25) is 0 Å². The monoisotopic (exact) mass is 339 g/mol. The van der Waals surface area contributed by atoms with Crippen LogP contribution in [0.25, 0.3) is 0 Å². The molecule has 0 heterocycles. The molecule has 20 heavy (non-hydrogen) atoms. The maximum absolute atomic E-state index is 13.7. The Morgan fingerprint density at radius 2 is 2.00 bits per heavy atom. The van der Waals surface area contributed by atoms with Crippen molar-refractivity contribution in [3.63, 3.8) is 0 Å². The Bertz CT molecular complexity index is 634. The third kappa shape index (κ3) is 3.54. The second-order valence-corrected chi connectivity index (χ2v) is 4.67. The van der Waals surface area contributed by atoms with Gasteiger partial charge in [0.2, 0.25) is 0 Å². The molecule has 0 amide bonds. The van der Waals surface area contributed by atoms with Gasteiger partial charge in [0, 0.05) is 17.5 Å². The molecule has 0 unspecified atom stereocenters. The molecule has 0 saturated heterocycles. The van der Waals surface area contributed by atoms with Crippen molar-refractivity contribution in [3.8, 4) is 5.75 Å². The first-order valence-corrected chi connectivity index (χ1v) is 6.93. The van der Waals surface area contributed by atoms with E-state index in [1.54, 1.807) is 24.3 Å². The number of benzene rings is 2. The van der Waals surface area contributed by atoms with E-state index in [1.807, 2.05) is 0 Å². The number of hydrogen-bond acceptors (Lipinski definition) is 3. The first kappa shape index (κ1) is 14.5. The van der Waals surface area contributed by atoms with Gasteiger partial charge in [0.25, 0.3) is 5.69 Å². The van der Waals surface area contributed by atoms with Crippen LogP contribution in [0, 0.1) is 15.9 Å². The third-order valence-electron chi connectivity index (χ3n) is 2.67. The Labute approximate surface area is 123 Å². The fourth-order valence-electron chi connectivity index (χ4n) is 1.67. The van der Waals surface area contributed by atoms with Crippen LogP contribution >= 0.6 is 15.9 Å². The van der Waals surface area contributed by atoms with E-state index in [9.17, 15) is 14.5 Å². The van der Waals surface area contributed by atoms with E-state index in [0.717, 1.165) is 5.56 Å². The summed E-state index contributed by atoms with van der Waals surface area (Å²) < 4.78 is 19.0. The third-order valence-corrected chi connectivity index (χ3v) is 3.31. The summed E-state index contributed by atoms with van der Waals surface area (Å²) in [5, 5.41) is 11.2. The Morgan fingerprint density at radius 3 is 2.65 bits per heavy atom. The Morgan fingerprint density at radius 1 is 1.20 bits per heavy atom. The lowest BCUT2D eigenvalue weighted by molar-refractivity contribution is -0.384. The zero-order chi connectivity index (χ0) is 14.5. The lowest BCUT2D eigenvalue weighted by Crippen LogP contribution is -1.99. The summed E-state index contributed by atoms with van der Waals surface area (Å²) in [6.07, 6.45) is 0. The van der Waals surface area contributed by atoms with E-state index in [1.165, 1.54) is 18.2 Å². The van der Waals surface area contributed by atoms with Crippen molar-refractivity contribution in [1.82, 2.24) is 0 Å². The molecule has 0 atom stereocenters. The van der Waals surface area contributed by atoms with E-state index in [2.05, 4.69) is 15.9 Å². The van der Waals surface area contributed by atoms with Gasteiger partial charge in [-0.3, -0.25) is 10.1 Å². The molecule has 0 aliphatic heterocycles. The van der Waals surface area contributed by atoms with Crippen LogP contribution < -0.4 is 4.74 Å². The first-order valence-electron chi connectivity index (χ1n) is 5.80. The van der Waals surface area contributed by atoms with Gasteiger partial charge in [0.1, 0.15) is 6.61 Å². The normalized spacial score (nSPS) is 10.3. The molecule has 4 nitrogen and oxygen atoms in total. The largest absolute Gasteiger partial charge is 0.486 e. The lowest BCUT2D eigenvalue weighted by Gasteiger charge is -2.08. The molecule has 0 fully saturated rings. The highest BCUT2D eigenvalue weighted by atomic mass is 79.9. The Hall–Kier alpha value is -1.95.